The Balaban J connectivity index is 1.27. The lowest BCUT2D eigenvalue weighted by Gasteiger charge is -2.46. The normalized spacial score (nSPS) is 23.0. The number of imidazole rings is 1. The molecule has 0 aliphatic carbocycles. The third-order valence-corrected chi connectivity index (χ3v) is 7.26. The first-order chi connectivity index (χ1) is 15.5. The fourth-order valence-electron chi connectivity index (χ4n) is 5.29. The molecule has 32 heavy (non-hydrogen) atoms. The number of aromatic amines is 1. The maximum atomic E-state index is 12.8. The Kier molecular flexibility index (Phi) is 7.10. The van der Waals surface area contributed by atoms with E-state index >= 15 is 0 Å². The number of nitrogens with zero attached hydrogens (tertiary/aromatic N) is 3. The molecule has 3 N–H and O–H groups in total. The van der Waals surface area contributed by atoms with Crippen LogP contribution in [0.5, 0.6) is 0 Å². The fraction of sp³-hybridized carbons (Fsp3) is 0.625. The van der Waals surface area contributed by atoms with Gasteiger partial charge in [-0.2, -0.15) is 0 Å². The quantitative estimate of drug-likeness (QED) is 0.653. The molecule has 2 saturated heterocycles. The van der Waals surface area contributed by atoms with Gasteiger partial charge in [-0.3, -0.25) is 14.5 Å². The fourth-order valence-corrected chi connectivity index (χ4v) is 5.29. The van der Waals surface area contributed by atoms with Gasteiger partial charge in [0.15, 0.2) is 0 Å². The summed E-state index contributed by atoms with van der Waals surface area (Å²) in [5.74, 6) is 0.841. The van der Waals surface area contributed by atoms with E-state index in [1.165, 1.54) is 0 Å². The number of H-pyrrole nitrogens is 1. The van der Waals surface area contributed by atoms with Gasteiger partial charge in [-0.1, -0.05) is 12.1 Å². The summed E-state index contributed by atoms with van der Waals surface area (Å²) in [4.78, 5) is 37.3. The number of piperidine rings is 2. The van der Waals surface area contributed by atoms with Crippen LogP contribution in [0.25, 0.3) is 11.0 Å². The van der Waals surface area contributed by atoms with Crippen molar-refractivity contribution in [2.75, 3.05) is 39.9 Å². The van der Waals surface area contributed by atoms with Crippen molar-refractivity contribution < 1.29 is 14.3 Å². The van der Waals surface area contributed by atoms with E-state index < -0.39 is 5.41 Å². The molecular formula is C24H35N5O3. The molecule has 1 aromatic carbocycles. The Morgan fingerprint density at radius 1 is 1.25 bits per heavy atom. The van der Waals surface area contributed by atoms with Crippen molar-refractivity contribution >= 4 is 22.8 Å². The van der Waals surface area contributed by atoms with E-state index in [0.717, 1.165) is 62.2 Å². The lowest BCUT2D eigenvalue weighted by atomic mass is 9.76. The molecule has 2 amide bonds. The monoisotopic (exact) mass is 441 g/mol. The predicted molar refractivity (Wildman–Crippen MR) is 123 cm³/mol. The Hall–Kier alpha value is -2.45. The van der Waals surface area contributed by atoms with Crippen molar-refractivity contribution in [3.05, 3.63) is 30.1 Å². The van der Waals surface area contributed by atoms with E-state index in [0.29, 0.717) is 38.5 Å². The molecule has 1 unspecified atom stereocenters. The van der Waals surface area contributed by atoms with Gasteiger partial charge < -0.3 is 20.4 Å². The number of amides is 2. The number of hydrogen-bond acceptors (Lipinski definition) is 5. The number of aromatic nitrogens is 2. The van der Waals surface area contributed by atoms with Crippen molar-refractivity contribution in [3.63, 3.8) is 0 Å². The molecule has 2 aliphatic rings. The number of ether oxygens (including phenoxy) is 1. The van der Waals surface area contributed by atoms with Gasteiger partial charge in [0, 0.05) is 52.2 Å². The summed E-state index contributed by atoms with van der Waals surface area (Å²) < 4.78 is 5.24. The Morgan fingerprint density at radius 3 is 2.75 bits per heavy atom. The first kappa shape index (κ1) is 22.7. The smallest absolute Gasteiger partial charge is 0.225 e. The van der Waals surface area contributed by atoms with E-state index in [1.807, 2.05) is 29.2 Å². The highest BCUT2D eigenvalue weighted by atomic mass is 16.5. The molecule has 2 aromatic rings. The van der Waals surface area contributed by atoms with Crippen LogP contribution in [-0.4, -0.2) is 77.5 Å². The number of rotatable bonds is 8. The number of benzene rings is 1. The van der Waals surface area contributed by atoms with E-state index in [9.17, 15) is 9.59 Å². The van der Waals surface area contributed by atoms with Crippen molar-refractivity contribution in [3.8, 4) is 0 Å². The molecule has 4 rings (SSSR count). The number of para-hydroxylation sites is 2. The van der Waals surface area contributed by atoms with Crippen LogP contribution < -0.4 is 5.73 Å². The number of methoxy groups -OCH3 is 1. The van der Waals surface area contributed by atoms with Gasteiger partial charge >= 0.3 is 0 Å². The minimum absolute atomic E-state index is 0.189. The zero-order valence-corrected chi connectivity index (χ0v) is 19.0. The lowest BCUT2D eigenvalue weighted by molar-refractivity contribution is -0.134. The van der Waals surface area contributed by atoms with Gasteiger partial charge in [0.25, 0.3) is 0 Å². The summed E-state index contributed by atoms with van der Waals surface area (Å²) in [6.07, 6.45) is 5.46. The molecule has 1 aromatic heterocycles. The average molecular weight is 442 g/mol. The summed E-state index contributed by atoms with van der Waals surface area (Å²) in [7, 11) is 1.66. The molecule has 1 atom stereocenters. The van der Waals surface area contributed by atoms with Crippen LogP contribution in [0.3, 0.4) is 0 Å². The van der Waals surface area contributed by atoms with Gasteiger partial charge in [-0.25, -0.2) is 4.98 Å². The van der Waals surface area contributed by atoms with Crippen LogP contribution in [0.15, 0.2) is 24.3 Å². The molecule has 0 radical (unpaired) electrons. The first-order valence-electron chi connectivity index (χ1n) is 11.7. The second-order valence-electron chi connectivity index (χ2n) is 9.27. The predicted octanol–water partition coefficient (Wildman–Crippen LogP) is 2.09. The van der Waals surface area contributed by atoms with Crippen LogP contribution in [0, 0.1) is 5.41 Å². The van der Waals surface area contributed by atoms with Crippen LogP contribution in [0.1, 0.15) is 44.3 Å². The zero-order chi connectivity index (χ0) is 22.6. The minimum Gasteiger partial charge on any atom is -0.385 e. The van der Waals surface area contributed by atoms with E-state index in [2.05, 4.69) is 14.9 Å². The molecule has 0 saturated carbocycles. The number of nitrogens with two attached hydrogens (primary N) is 1. The average Bonchev–Trinajstić information content (AvgIpc) is 3.24. The van der Waals surface area contributed by atoms with Crippen molar-refractivity contribution in [2.24, 2.45) is 11.1 Å². The van der Waals surface area contributed by atoms with Crippen molar-refractivity contribution in [1.82, 2.24) is 19.8 Å². The number of fused-ring (bicyclic) bond motifs is 1. The standard InChI is InChI=1S/C24H35N5O3/c1-32-16-12-24(23(25)31)11-4-13-29(17-24)18-9-14-28(15-10-18)22(30)8-7-21-26-19-5-2-3-6-20(19)27-21/h2-3,5-6,18H,4,7-17H2,1H3,(H2,25,31)(H,26,27). The molecule has 0 bridgehead atoms. The second-order valence-corrected chi connectivity index (χ2v) is 9.27. The molecule has 0 spiro atoms. The molecule has 174 valence electrons. The maximum absolute atomic E-state index is 12.8. The van der Waals surface area contributed by atoms with Gasteiger partial charge in [0.1, 0.15) is 5.82 Å². The van der Waals surface area contributed by atoms with Crippen LogP contribution >= 0.6 is 0 Å². The summed E-state index contributed by atoms with van der Waals surface area (Å²) >= 11 is 0. The number of carbonyl (C=O) groups excluding carboxylic acids is 2. The summed E-state index contributed by atoms with van der Waals surface area (Å²) in [5.41, 5.74) is 7.28. The SMILES string of the molecule is COCCC1(C(N)=O)CCCN(C2CCN(C(=O)CCc3nc4ccccc4[nH]3)CC2)C1. The Labute approximate surface area is 189 Å². The molecular weight excluding hydrogens is 406 g/mol. The van der Waals surface area contributed by atoms with E-state index in [1.54, 1.807) is 7.11 Å². The molecule has 2 fully saturated rings. The summed E-state index contributed by atoms with van der Waals surface area (Å²) in [6, 6.07) is 8.32. The topological polar surface area (TPSA) is 105 Å². The van der Waals surface area contributed by atoms with Gasteiger partial charge in [0.2, 0.25) is 11.8 Å². The second kappa shape index (κ2) is 10.0. The third kappa shape index (κ3) is 4.96. The maximum Gasteiger partial charge on any atom is 0.225 e. The highest BCUT2D eigenvalue weighted by Gasteiger charge is 2.42. The number of aryl methyl sites for hydroxylation is 1. The zero-order valence-electron chi connectivity index (χ0n) is 19.0. The highest BCUT2D eigenvalue weighted by molar-refractivity contribution is 5.81. The minimum atomic E-state index is -0.492. The van der Waals surface area contributed by atoms with E-state index in [4.69, 9.17) is 10.5 Å². The van der Waals surface area contributed by atoms with Gasteiger partial charge in [-0.05, 0) is 50.8 Å². The van der Waals surface area contributed by atoms with E-state index in [-0.39, 0.29) is 11.8 Å². The largest absolute Gasteiger partial charge is 0.385 e. The first-order valence-corrected chi connectivity index (χ1v) is 11.7. The van der Waals surface area contributed by atoms with Gasteiger partial charge in [-0.15, -0.1) is 0 Å². The number of primary amides is 1. The van der Waals surface area contributed by atoms with Crippen LogP contribution in [-0.2, 0) is 20.7 Å². The molecule has 8 heteroatoms. The number of hydrogen-bond donors (Lipinski definition) is 2. The Bertz CT molecular complexity index is 904. The summed E-state index contributed by atoms with van der Waals surface area (Å²) in [6.45, 7) is 3.78. The van der Waals surface area contributed by atoms with Crippen molar-refractivity contribution in [2.45, 2.75) is 51.0 Å². The lowest BCUT2D eigenvalue weighted by Crippen LogP contribution is -2.56. The number of nitrogens with one attached hydrogen (secondary N) is 1. The number of carbonyl (C=O) groups is 2. The molecule has 2 aliphatic heterocycles. The summed E-state index contributed by atoms with van der Waals surface area (Å²) in [5, 5.41) is 0. The van der Waals surface area contributed by atoms with Crippen molar-refractivity contribution in [1.29, 1.82) is 0 Å². The van der Waals surface area contributed by atoms with Crippen LogP contribution in [0.4, 0.5) is 0 Å². The number of likely N-dealkylation sites (tertiary alicyclic amines) is 2. The molecule has 8 nitrogen and oxygen atoms in total. The van der Waals surface area contributed by atoms with Gasteiger partial charge in [0.05, 0.1) is 16.4 Å². The molecule has 3 heterocycles. The van der Waals surface area contributed by atoms with Crippen LogP contribution in [0.2, 0.25) is 0 Å². The third-order valence-electron chi connectivity index (χ3n) is 7.26. The highest BCUT2D eigenvalue weighted by Crippen LogP contribution is 2.35. The Morgan fingerprint density at radius 2 is 2.03 bits per heavy atom.